The van der Waals surface area contributed by atoms with E-state index in [1.54, 1.807) is 0 Å². The molecular formula is C18H22Cl2N2O4S. The van der Waals surface area contributed by atoms with Crippen molar-refractivity contribution >= 4 is 34.0 Å². The minimum absolute atomic E-state index is 0. The molecular weight excluding hydrogens is 411 g/mol. The van der Waals surface area contributed by atoms with E-state index in [2.05, 4.69) is 16.1 Å². The number of hydrogen-bond acceptors (Lipinski definition) is 5. The molecule has 1 heterocycles. The summed E-state index contributed by atoms with van der Waals surface area (Å²) in [7, 11) is -0.900. The number of ether oxygens (including phenoxy) is 2. The summed E-state index contributed by atoms with van der Waals surface area (Å²) in [6.07, 6.45) is 0.931. The van der Waals surface area contributed by atoms with Crippen LogP contribution in [0.4, 0.5) is 0 Å². The number of benzene rings is 2. The summed E-state index contributed by atoms with van der Waals surface area (Å²) < 4.78 is 38.5. The van der Waals surface area contributed by atoms with Crippen molar-refractivity contribution in [2.45, 2.75) is 17.4 Å². The number of sulfonamides is 1. The van der Waals surface area contributed by atoms with Gasteiger partial charge in [-0.15, -0.1) is 12.4 Å². The van der Waals surface area contributed by atoms with Gasteiger partial charge in [-0.05, 0) is 24.1 Å². The normalized spacial score (nSPS) is 16.2. The molecule has 0 bridgehead atoms. The average molecular weight is 433 g/mol. The molecule has 1 aliphatic rings. The van der Waals surface area contributed by atoms with Crippen molar-refractivity contribution < 1.29 is 17.9 Å². The van der Waals surface area contributed by atoms with Crippen molar-refractivity contribution in [3.63, 3.8) is 0 Å². The molecule has 0 aliphatic carbocycles. The van der Waals surface area contributed by atoms with Gasteiger partial charge in [-0.25, -0.2) is 13.1 Å². The number of methoxy groups -OCH3 is 2. The highest BCUT2D eigenvalue weighted by Gasteiger charge is 2.25. The predicted molar refractivity (Wildman–Crippen MR) is 108 cm³/mol. The number of rotatable bonds is 6. The van der Waals surface area contributed by atoms with E-state index in [4.69, 9.17) is 21.1 Å². The zero-order valence-electron chi connectivity index (χ0n) is 15.0. The van der Waals surface area contributed by atoms with E-state index >= 15 is 0 Å². The van der Waals surface area contributed by atoms with Crippen molar-refractivity contribution in [2.75, 3.05) is 27.3 Å². The third-order valence-electron chi connectivity index (χ3n) is 4.42. The van der Waals surface area contributed by atoms with Crippen LogP contribution in [0.1, 0.15) is 17.2 Å². The average Bonchev–Trinajstić information content (AvgIpc) is 2.65. The Bertz CT molecular complexity index is 906. The monoisotopic (exact) mass is 432 g/mol. The summed E-state index contributed by atoms with van der Waals surface area (Å²) in [5.41, 5.74) is 2.35. The Morgan fingerprint density at radius 3 is 2.56 bits per heavy atom. The van der Waals surface area contributed by atoms with E-state index in [-0.39, 0.29) is 34.9 Å². The Balaban J connectivity index is 0.00000261. The van der Waals surface area contributed by atoms with Gasteiger partial charge in [0.1, 0.15) is 4.90 Å². The maximum absolute atomic E-state index is 12.8. The van der Waals surface area contributed by atoms with E-state index < -0.39 is 10.0 Å². The van der Waals surface area contributed by atoms with Crippen LogP contribution in [0.5, 0.6) is 11.5 Å². The molecule has 0 fully saturated rings. The van der Waals surface area contributed by atoms with Gasteiger partial charge in [0.05, 0.1) is 19.2 Å². The van der Waals surface area contributed by atoms with Gasteiger partial charge in [0.25, 0.3) is 0 Å². The van der Waals surface area contributed by atoms with E-state index in [1.165, 1.54) is 31.9 Å². The highest BCUT2D eigenvalue weighted by Crippen LogP contribution is 2.35. The molecule has 27 heavy (non-hydrogen) atoms. The van der Waals surface area contributed by atoms with E-state index in [9.17, 15) is 8.42 Å². The Labute approximate surface area is 170 Å². The highest BCUT2D eigenvalue weighted by molar-refractivity contribution is 7.89. The smallest absolute Gasteiger partial charge is 0.242 e. The van der Waals surface area contributed by atoms with E-state index in [1.807, 2.05) is 18.2 Å². The highest BCUT2D eigenvalue weighted by atomic mass is 35.5. The van der Waals surface area contributed by atoms with Crippen molar-refractivity contribution in [2.24, 2.45) is 0 Å². The van der Waals surface area contributed by atoms with Crippen LogP contribution in [0.3, 0.4) is 0 Å². The second-order valence-electron chi connectivity index (χ2n) is 5.95. The Morgan fingerprint density at radius 2 is 1.85 bits per heavy atom. The number of halogens is 2. The lowest BCUT2D eigenvalue weighted by atomic mass is 9.95. The van der Waals surface area contributed by atoms with Crippen LogP contribution in [-0.4, -0.2) is 35.7 Å². The van der Waals surface area contributed by atoms with Gasteiger partial charge in [0.2, 0.25) is 10.0 Å². The molecule has 0 spiro atoms. The topological polar surface area (TPSA) is 76.7 Å². The molecule has 148 valence electrons. The van der Waals surface area contributed by atoms with Crippen LogP contribution in [0.25, 0.3) is 0 Å². The third-order valence-corrected chi connectivity index (χ3v) is 6.31. The molecule has 0 amide bonds. The lowest BCUT2D eigenvalue weighted by molar-refractivity contribution is 0.354. The summed E-state index contributed by atoms with van der Waals surface area (Å²) in [5.74, 6) is 0.678. The molecule has 3 rings (SSSR count). The van der Waals surface area contributed by atoms with Gasteiger partial charge in [-0.3, -0.25) is 0 Å². The fourth-order valence-electron chi connectivity index (χ4n) is 3.09. The molecule has 2 aromatic carbocycles. The number of hydrogen-bond donors (Lipinski definition) is 2. The molecule has 1 atom stereocenters. The fourth-order valence-corrected chi connectivity index (χ4v) is 4.67. The zero-order valence-corrected chi connectivity index (χ0v) is 17.4. The fraction of sp³-hybridized carbons (Fsp3) is 0.333. The quantitative estimate of drug-likeness (QED) is 0.733. The summed E-state index contributed by atoms with van der Waals surface area (Å²) in [6.45, 7) is 1.03. The minimum Gasteiger partial charge on any atom is -0.493 e. The third kappa shape index (κ3) is 4.67. The van der Waals surface area contributed by atoms with Gasteiger partial charge >= 0.3 is 0 Å². The van der Waals surface area contributed by atoms with Gasteiger partial charge in [0.15, 0.2) is 11.5 Å². The molecule has 0 aromatic heterocycles. The molecule has 6 nitrogen and oxygen atoms in total. The van der Waals surface area contributed by atoms with Crippen LogP contribution in [0.2, 0.25) is 5.02 Å². The standard InChI is InChI=1S/C18H21ClN2O4S.ClH/c1-24-16-9-14(19)18(10-17(16)25-2)26(22,23)21-11-15-13-6-4-3-5-12(13)7-8-20-15;/h3-6,9-10,15,20-21H,7-8,11H2,1-2H3;1H. The summed E-state index contributed by atoms with van der Waals surface area (Å²) >= 11 is 6.15. The zero-order chi connectivity index (χ0) is 18.7. The Hall–Kier alpha value is -1.51. The second kappa shape index (κ2) is 9.12. The maximum atomic E-state index is 12.8. The van der Waals surface area contributed by atoms with Crippen molar-refractivity contribution in [3.8, 4) is 11.5 Å². The van der Waals surface area contributed by atoms with Gasteiger partial charge in [0, 0.05) is 24.7 Å². The first-order chi connectivity index (χ1) is 12.5. The molecule has 1 unspecified atom stereocenters. The molecule has 9 heteroatoms. The lowest BCUT2D eigenvalue weighted by Gasteiger charge is -2.27. The SMILES string of the molecule is COc1cc(Cl)c(S(=O)(=O)NCC2NCCc3ccccc32)cc1OC.Cl. The molecule has 2 aromatic rings. The molecule has 2 N–H and O–H groups in total. The molecule has 0 saturated carbocycles. The maximum Gasteiger partial charge on any atom is 0.242 e. The summed E-state index contributed by atoms with van der Waals surface area (Å²) in [5, 5.41) is 3.43. The van der Waals surface area contributed by atoms with Crippen LogP contribution < -0.4 is 19.5 Å². The number of nitrogens with one attached hydrogen (secondary N) is 2. The van der Waals surface area contributed by atoms with Gasteiger partial charge < -0.3 is 14.8 Å². The summed E-state index contributed by atoms with van der Waals surface area (Å²) in [4.78, 5) is -0.0408. The number of fused-ring (bicyclic) bond motifs is 1. The van der Waals surface area contributed by atoms with Crippen LogP contribution in [-0.2, 0) is 16.4 Å². The molecule has 1 aliphatic heterocycles. The van der Waals surface area contributed by atoms with E-state index in [0.717, 1.165) is 18.5 Å². The largest absolute Gasteiger partial charge is 0.493 e. The van der Waals surface area contributed by atoms with Crippen molar-refractivity contribution in [1.29, 1.82) is 0 Å². The Kier molecular flexibility index (Phi) is 7.36. The van der Waals surface area contributed by atoms with Crippen molar-refractivity contribution in [3.05, 3.63) is 52.5 Å². The molecule has 0 radical (unpaired) electrons. The first-order valence-corrected chi connectivity index (χ1v) is 10.0. The van der Waals surface area contributed by atoms with Crippen LogP contribution in [0.15, 0.2) is 41.3 Å². The molecule has 0 saturated heterocycles. The minimum atomic E-state index is -3.81. The second-order valence-corrected chi connectivity index (χ2v) is 8.09. The van der Waals surface area contributed by atoms with Crippen LogP contribution in [0, 0.1) is 0 Å². The Morgan fingerprint density at radius 1 is 1.19 bits per heavy atom. The van der Waals surface area contributed by atoms with Crippen LogP contribution >= 0.6 is 24.0 Å². The predicted octanol–water partition coefficient (Wildman–Crippen LogP) is 2.94. The first kappa shape index (κ1) is 21.8. The lowest BCUT2D eigenvalue weighted by Crippen LogP contribution is -2.38. The van der Waals surface area contributed by atoms with Gasteiger partial charge in [-0.1, -0.05) is 35.9 Å². The van der Waals surface area contributed by atoms with E-state index in [0.29, 0.717) is 11.5 Å². The van der Waals surface area contributed by atoms with Crippen molar-refractivity contribution in [1.82, 2.24) is 10.0 Å². The first-order valence-electron chi connectivity index (χ1n) is 8.18. The van der Waals surface area contributed by atoms with Gasteiger partial charge in [-0.2, -0.15) is 0 Å². The summed E-state index contributed by atoms with van der Waals surface area (Å²) in [6, 6.07) is 10.8.